The Hall–Kier alpha value is -1.73. The van der Waals surface area contributed by atoms with Gasteiger partial charge >= 0.3 is 5.97 Å². The first-order chi connectivity index (χ1) is 8.15. The number of nitrogens with one attached hydrogen (secondary N) is 1. The first-order valence-corrected chi connectivity index (χ1v) is 5.33. The highest BCUT2D eigenvalue weighted by Gasteiger charge is 2.13. The lowest BCUT2D eigenvalue weighted by Gasteiger charge is -2.26. The van der Waals surface area contributed by atoms with Crippen LogP contribution in [-0.2, 0) is 4.74 Å². The molecule has 1 aliphatic heterocycles. The Morgan fingerprint density at radius 3 is 2.82 bits per heavy atom. The second-order valence-corrected chi connectivity index (χ2v) is 3.73. The topological polar surface area (TPSA) is 87.6 Å². The third-order valence-electron chi connectivity index (χ3n) is 2.34. The van der Waals surface area contributed by atoms with Crippen LogP contribution in [0.1, 0.15) is 16.2 Å². The van der Waals surface area contributed by atoms with Gasteiger partial charge in [0.1, 0.15) is 0 Å². The van der Waals surface area contributed by atoms with Crippen LogP contribution in [0.15, 0.2) is 6.07 Å². The number of hydrogen-bond acceptors (Lipinski definition) is 6. The molecule has 7 heteroatoms. The summed E-state index contributed by atoms with van der Waals surface area (Å²) in [6.45, 7) is 4.47. The second kappa shape index (κ2) is 5.07. The lowest BCUT2D eigenvalue weighted by atomic mass is 10.3. The quantitative estimate of drug-likeness (QED) is 0.774. The first-order valence-electron chi connectivity index (χ1n) is 5.33. The van der Waals surface area contributed by atoms with Gasteiger partial charge in [0.15, 0.2) is 5.69 Å². The average Bonchev–Trinajstić information content (AvgIpc) is 2.29. The van der Waals surface area contributed by atoms with Crippen LogP contribution in [0.3, 0.4) is 0 Å². The molecule has 0 radical (unpaired) electrons. The van der Waals surface area contributed by atoms with Crippen molar-refractivity contribution in [2.45, 2.75) is 6.92 Å². The number of carboxylic acids is 1. The van der Waals surface area contributed by atoms with Gasteiger partial charge in [0.2, 0.25) is 5.95 Å². The summed E-state index contributed by atoms with van der Waals surface area (Å²) in [6.07, 6.45) is 0. The molecule has 0 bridgehead atoms. The zero-order valence-electron chi connectivity index (χ0n) is 9.51. The Morgan fingerprint density at radius 2 is 2.18 bits per heavy atom. The van der Waals surface area contributed by atoms with Crippen molar-refractivity contribution < 1.29 is 14.6 Å². The van der Waals surface area contributed by atoms with E-state index in [4.69, 9.17) is 9.84 Å². The number of hydrazine groups is 1. The van der Waals surface area contributed by atoms with E-state index in [1.807, 2.05) is 5.01 Å². The smallest absolute Gasteiger partial charge is 0.354 e. The molecule has 1 saturated heterocycles. The number of carboxylic acid groups (broad SMARTS) is 1. The molecule has 1 fully saturated rings. The number of carbonyl (C=O) groups is 1. The van der Waals surface area contributed by atoms with Crippen LogP contribution in [0.2, 0.25) is 0 Å². The molecule has 0 atom stereocenters. The van der Waals surface area contributed by atoms with Crippen LogP contribution >= 0.6 is 0 Å². The molecular formula is C10H14N4O3. The van der Waals surface area contributed by atoms with Crippen molar-refractivity contribution in [2.24, 2.45) is 0 Å². The summed E-state index contributed by atoms with van der Waals surface area (Å²) in [5, 5.41) is 10.8. The maximum atomic E-state index is 10.8. The number of morpholine rings is 1. The summed E-state index contributed by atoms with van der Waals surface area (Å²) in [5.41, 5.74) is 3.60. The summed E-state index contributed by atoms with van der Waals surface area (Å²) in [4.78, 5) is 18.9. The highest BCUT2D eigenvalue weighted by atomic mass is 16.5. The van der Waals surface area contributed by atoms with E-state index in [0.29, 0.717) is 24.9 Å². The molecule has 0 amide bonds. The third-order valence-corrected chi connectivity index (χ3v) is 2.34. The molecule has 92 valence electrons. The minimum absolute atomic E-state index is 0.00624. The van der Waals surface area contributed by atoms with Gasteiger partial charge in [-0.3, -0.25) is 5.43 Å². The number of ether oxygens (including phenoxy) is 1. The predicted octanol–water partition coefficient (Wildman–Crippen LogP) is 0.142. The standard InChI is InChI=1S/C10H14N4O3/c1-7-6-8(9(15)16)12-10(11-7)13-14-2-4-17-5-3-14/h6H,2-5H2,1H3,(H,15,16)(H,11,12,13). The molecule has 17 heavy (non-hydrogen) atoms. The Kier molecular flexibility index (Phi) is 3.50. The van der Waals surface area contributed by atoms with Gasteiger partial charge in [0.05, 0.1) is 13.2 Å². The number of aromatic carboxylic acids is 1. The molecule has 0 unspecified atom stereocenters. The number of aromatic nitrogens is 2. The van der Waals surface area contributed by atoms with E-state index in [9.17, 15) is 4.79 Å². The van der Waals surface area contributed by atoms with Crippen LogP contribution in [0.4, 0.5) is 5.95 Å². The summed E-state index contributed by atoms with van der Waals surface area (Å²) >= 11 is 0. The molecule has 0 spiro atoms. The lowest BCUT2D eigenvalue weighted by molar-refractivity contribution is 0.0492. The third kappa shape index (κ3) is 3.11. The van der Waals surface area contributed by atoms with E-state index in [1.54, 1.807) is 6.92 Å². The molecule has 1 aliphatic rings. The van der Waals surface area contributed by atoms with Crippen LogP contribution in [-0.4, -0.2) is 52.4 Å². The van der Waals surface area contributed by atoms with Crippen molar-refractivity contribution in [1.29, 1.82) is 0 Å². The maximum absolute atomic E-state index is 10.8. The average molecular weight is 238 g/mol. The molecule has 0 saturated carbocycles. The molecule has 1 aromatic rings. The van der Waals surface area contributed by atoms with Crippen molar-refractivity contribution in [3.8, 4) is 0 Å². The zero-order chi connectivity index (χ0) is 12.3. The summed E-state index contributed by atoms with van der Waals surface area (Å²) in [5.74, 6) is -0.746. The molecule has 2 rings (SSSR count). The number of rotatable bonds is 3. The lowest BCUT2D eigenvalue weighted by Crippen LogP contribution is -2.40. The van der Waals surface area contributed by atoms with Crippen LogP contribution in [0, 0.1) is 6.92 Å². The molecule has 1 aromatic heterocycles. The number of anilines is 1. The minimum atomic E-state index is -1.06. The molecule has 0 aliphatic carbocycles. The SMILES string of the molecule is Cc1cc(C(=O)O)nc(NN2CCOCC2)n1. The van der Waals surface area contributed by atoms with Gasteiger partial charge in [-0.2, -0.15) is 0 Å². The van der Waals surface area contributed by atoms with Crippen molar-refractivity contribution in [2.75, 3.05) is 31.7 Å². The van der Waals surface area contributed by atoms with Gasteiger partial charge in [0, 0.05) is 18.8 Å². The molecule has 2 heterocycles. The number of nitrogens with zero attached hydrogens (tertiary/aromatic N) is 3. The van der Waals surface area contributed by atoms with E-state index in [-0.39, 0.29) is 5.69 Å². The normalized spacial score (nSPS) is 16.8. The molecular weight excluding hydrogens is 224 g/mol. The monoisotopic (exact) mass is 238 g/mol. The predicted molar refractivity (Wildman–Crippen MR) is 59.7 cm³/mol. The Balaban J connectivity index is 2.11. The fourth-order valence-electron chi connectivity index (χ4n) is 1.54. The van der Waals surface area contributed by atoms with Crippen molar-refractivity contribution >= 4 is 11.9 Å². The van der Waals surface area contributed by atoms with Crippen molar-refractivity contribution in [1.82, 2.24) is 15.0 Å². The van der Waals surface area contributed by atoms with E-state index in [2.05, 4.69) is 15.4 Å². The van der Waals surface area contributed by atoms with Gasteiger partial charge in [-0.25, -0.2) is 19.8 Å². The zero-order valence-corrected chi connectivity index (χ0v) is 9.51. The van der Waals surface area contributed by atoms with Gasteiger partial charge < -0.3 is 9.84 Å². The largest absolute Gasteiger partial charge is 0.477 e. The van der Waals surface area contributed by atoms with Crippen molar-refractivity contribution in [3.05, 3.63) is 17.5 Å². The van der Waals surface area contributed by atoms with Crippen molar-refractivity contribution in [3.63, 3.8) is 0 Å². The van der Waals surface area contributed by atoms with Gasteiger partial charge in [-0.05, 0) is 13.0 Å². The highest BCUT2D eigenvalue weighted by Crippen LogP contribution is 2.07. The highest BCUT2D eigenvalue weighted by molar-refractivity contribution is 5.85. The molecule has 2 N–H and O–H groups in total. The van der Waals surface area contributed by atoms with Gasteiger partial charge in [-0.1, -0.05) is 0 Å². The number of aryl methyl sites for hydroxylation is 1. The number of hydrogen-bond donors (Lipinski definition) is 2. The summed E-state index contributed by atoms with van der Waals surface area (Å²) in [6, 6.07) is 1.44. The first kappa shape index (κ1) is 11.7. The Bertz CT molecular complexity index is 418. The summed E-state index contributed by atoms with van der Waals surface area (Å²) < 4.78 is 5.21. The minimum Gasteiger partial charge on any atom is -0.477 e. The van der Waals surface area contributed by atoms with E-state index < -0.39 is 5.97 Å². The second-order valence-electron chi connectivity index (χ2n) is 3.73. The van der Waals surface area contributed by atoms with E-state index >= 15 is 0 Å². The maximum Gasteiger partial charge on any atom is 0.354 e. The van der Waals surface area contributed by atoms with Gasteiger partial charge in [-0.15, -0.1) is 0 Å². The van der Waals surface area contributed by atoms with E-state index in [1.165, 1.54) is 6.07 Å². The fourth-order valence-corrected chi connectivity index (χ4v) is 1.54. The van der Waals surface area contributed by atoms with Crippen LogP contribution < -0.4 is 5.43 Å². The Labute approximate surface area is 98.4 Å². The van der Waals surface area contributed by atoms with E-state index in [0.717, 1.165) is 13.1 Å². The van der Waals surface area contributed by atoms with Gasteiger partial charge in [0.25, 0.3) is 0 Å². The van der Waals surface area contributed by atoms with Crippen LogP contribution in [0.5, 0.6) is 0 Å². The van der Waals surface area contributed by atoms with Crippen LogP contribution in [0.25, 0.3) is 0 Å². The molecule has 0 aromatic carbocycles. The fraction of sp³-hybridized carbons (Fsp3) is 0.500. The summed E-state index contributed by atoms with van der Waals surface area (Å²) in [7, 11) is 0. The Morgan fingerprint density at radius 1 is 1.47 bits per heavy atom. The molecule has 7 nitrogen and oxygen atoms in total.